The SMILES string of the molecule is Cc1cc(SC/C=C(\C#Cc2ccccc2)c2ccc(Br)cc2)ccc1[O]. The average Bonchev–Trinajstić information content (AvgIpc) is 2.69. The molecule has 3 aromatic carbocycles. The van der Waals surface area contributed by atoms with E-state index < -0.39 is 0 Å². The van der Waals surface area contributed by atoms with Gasteiger partial charge in [0.1, 0.15) is 0 Å². The molecular weight excluding hydrogens is 416 g/mol. The van der Waals surface area contributed by atoms with Crippen LogP contribution in [0.5, 0.6) is 5.75 Å². The lowest BCUT2D eigenvalue weighted by Gasteiger charge is -2.04. The molecule has 0 N–H and O–H groups in total. The third-order valence-electron chi connectivity index (χ3n) is 3.95. The molecule has 0 aliphatic rings. The van der Waals surface area contributed by atoms with Crippen molar-refractivity contribution < 1.29 is 5.11 Å². The third-order valence-corrected chi connectivity index (χ3v) is 5.40. The Morgan fingerprint density at radius 2 is 1.78 bits per heavy atom. The molecule has 3 aromatic rings. The van der Waals surface area contributed by atoms with Gasteiger partial charge in [-0.3, -0.25) is 5.11 Å². The van der Waals surface area contributed by atoms with Crippen LogP contribution in [0.25, 0.3) is 5.57 Å². The zero-order valence-corrected chi connectivity index (χ0v) is 17.3. The summed E-state index contributed by atoms with van der Waals surface area (Å²) in [5, 5.41) is 11.5. The molecule has 0 heterocycles. The van der Waals surface area contributed by atoms with Gasteiger partial charge in [-0.15, -0.1) is 11.8 Å². The van der Waals surface area contributed by atoms with E-state index in [1.807, 2.05) is 61.5 Å². The van der Waals surface area contributed by atoms with Crippen LogP contribution in [-0.4, -0.2) is 5.75 Å². The van der Waals surface area contributed by atoms with Crippen molar-refractivity contribution >= 4 is 33.3 Å². The minimum absolute atomic E-state index is 0.0826. The van der Waals surface area contributed by atoms with Crippen LogP contribution in [-0.2, 0) is 5.11 Å². The number of thioether (sulfide) groups is 1. The number of hydrogen-bond acceptors (Lipinski definition) is 1. The Balaban J connectivity index is 1.82. The van der Waals surface area contributed by atoms with E-state index >= 15 is 0 Å². The molecule has 0 unspecified atom stereocenters. The molecule has 1 radical (unpaired) electrons. The van der Waals surface area contributed by atoms with E-state index in [0.29, 0.717) is 0 Å². The summed E-state index contributed by atoms with van der Waals surface area (Å²) in [5.41, 5.74) is 3.86. The van der Waals surface area contributed by atoms with Crippen LogP contribution in [0.3, 0.4) is 0 Å². The topological polar surface area (TPSA) is 19.9 Å². The molecule has 133 valence electrons. The second-order valence-corrected chi connectivity index (χ2v) is 7.99. The molecule has 0 amide bonds. The van der Waals surface area contributed by atoms with Gasteiger partial charge in [0.05, 0.1) is 0 Å². The maximum Gasteiger partial charge on any atom is 0.181 e. The Hall–Kier alpha value is -2.41. The molecule has 27 heavy (non-hydrogen) atoms. The van der Waals surface area contributed by atoms with Crippen LogP contribution >= 0.6 is 27.7 Å². The van der Waals surface area contributed by atoms with Crippen LogP contribution in [0.15, 0.2) is 88.2 Å². The normalized spacial score (nSPS) is 11.0. The van der Waals surface area contributed by atoms with Gasteiger partial charge in [-0.25, -0.2) is 0 Å². The van der Waals surface area contributed by atoms with Crippen molar-refractivity contribution in [3.63, 3.8) is 0 Å². The summed E-state index contributed by atoms with van der Waals surface area (Å²) in [7, 11) is 0. The summed E-state index contributed by atoms with van der Waals surface area (Å²) in [5.74, 6) is 7.42. The summed E-state index contributed by atoms with van der Waals surface area (Å²) < 4.78 is 1.05. The van der Waals surface area contributed by atoms with E-state index in [0.717, 1.165) is 37.4 Å². The summed E-state index contributed by atoms with van der Waals surface area (Å²) >= 11 is 5.18. The fourth-order valence-electron chi connectivity index (χ4n) is 2.46. The number of rotatable bonds is 4. The van der Waals surface area contributed by atoms with Crippen molar-refractivity contribution in [2.24, 2.45) is 0 Å². The molecule has 0 atom stereocenters. The Labute approximate surface area is 173 Å². The van der Waals surface area contributed by atoms with E-state index in [2.05, 4.69) is 46.0 Å². The molecule has 1 nitrogen and oxygen atoms in total. The van der Waals surface area contributed by atoms with Gasteiger partial charge < -0.3 is 0 Å². The Kier molecular flexibility index (Phi) is 6.81. The lowest BCUT2D eigenvalue weighted by molar-refractivity contribution is 0.351. The molecule has 0 aliphatic heterocycles. The van der Waals surface area contributed by atoms with Gasteiger partial charge in [0.15, 0.2) is 5.75 Å². The van der Waals surface area contributed by atoms with E-state index in [1.54, 1.807) is 17.8 Å². The monoisotopic (exact) mass is 433 g/mol. The van der Waals surface area contributed by atoms with Gasteiger partial charge in [0.2, 0.25) is 0 Å². The minimum Gasteiger partial charge on any atom is -0.290 e. The number of halogens is 1. The highest BCUT2D eigenvalue weighted by atomic mass is 79.9. The first kappa shape index (κ1) is 19.4. The first-order valence-corrected chi connectivity index (χ1v) is 10.3. The summed E-state index contributed by atoms with van der Waals surface area (Å²) in [6.45, 7) is 1.85. The molecule has 0 bridgehead atoms. The zero-order valence-electron chi connectivity index (χ0n) is 14.9. The number of benzene rings is 3. The highest BCUT2D eigenvalue weighted by molar-refractivity contribution is 9.10. The standard InChI is InChI=1S/C24H18BrOS/c1-18-17-23(13-14-24(18)26)27-16-15-21(20-9-11-22(25)12-10-20)8-7-19-5-3-2-4-6-19/h2-6,9-15,17H,16H2,1H3/b21-15+. The van der Waals surface area contributed by atoms with Crippen molar-refractivity contribution in [3.8, 4) is 17.6 Å². The van der Waals surface area contributed by atoms with Crippen LogP contribution in [0.2, 0.25) is 0 Å². The first-order valence-electron chi connectivity index (χ1n) is 8.55. The Morgan fingerprint density at radius 3 is 2.48 bits per heavy atom. The van der Waals surface area contributed by atoms with Crippen molar-refractivity contribution in [2.75, 3.05) is 5.75 Å². The Morgan fingerprint density at radius 1 is 1.04 bits per heavy atom. The van der Waals surface area contributed by atoms with Gasteiger partial charge in [-0.2, -0.15) is 0 Å². The van der Waals surface area contributed by atoms with E-state index in [1.165, 1.54) is 0 Å². The predicted molar refractivity (Wildman–Crippen MR) is 117 cm³/mol. The smallest absolute Gasteiger partial charge is 0.181 e. The second-order valence-electron chi connectivity index (χ2n) is 5.98. The lowest BCUT2D eigenvalue weighted by atomic mass is 10.1. The highest BCUT2D eigenvalue weighted by Crippen LogP contribution is 2.26. The molecule has 3 heteroatoms. The lowest BCUT2D eigenvalue weighted by Crippen LogP contribution is -1.85. The maximum absolute atomic E-state index is 11.5. The van der Waals surface area contributed by atoms with Gasteiger partial charge in [0, 0.05) is 26.3 Å². The van der Waals surface area contributed by atoms with Crippen LogP contribution < -0.4 is 0 Å². The molecule has 3 rings (SSSR count). The molecule has 0 aromatic heterocycles. The molecule has 0 saturated carbocycles. The Bertz CT molecular complexity index is 996. The largest absolute Gasteiger partial charge is 0.290 e. The van der Waals surface area contributed by atoms with E-state index in [-0.39, 0.29) is 5.75 Å². The number of hydrogen-bond donors (Lipinski definition) is 0. The summed E-state index contributed by atoms with van der Waals surface area (Å²) in [6, 6.07) is 23.6. The quantitative estimate of drug-likeness (QED) is 0.316. The molecular formula is C24H18BrOS. The zero-order chi connectivity index (χ0) is 19.1. The number of aryl methyl sites for hydroxylation is 1. The predicted octanol–water partition coefficient (Wildman–Crippen LogP) is 7.13. The van der Waals surface area contributed by atoms with Crippen LogP contribution in [0.1, 0.15) is 16.7 Å². The van der Waals surface area contributed by atoms with Gasteiger partial charge in [0.25, 0.3) is 0 Å². The number of allylic oxidation sites excluding steroid dienone is 1. The van der Waals surface area contributed by atoms with Gasteiger partial charge in [-0.05, 0) is 60.5 Å². The van der Waals surface area contributed by atoms with Gasteiger partial charge >= 0.3 is 0 Å². The van der Waals surface area contributed by atoms with E-state index in [4.69, 9.17) is 0 Å². The van der Waals surface area contributed by atoms with Crippen LogP contribution in [0, 0.1) is 18.8 Å². The van der Waals surface area contributed by atoms with Crippen molar-refractivity contribution in [1.29, 1.82) is 0 Å². The molecule has 0 fully saturated rings. The summed E-state index contributed by atoms with van der Waals surface area (Å²) in [4.78, 5) is 1.09. The van der Waals surface area contributed by atoms with Crippen molar-refractivity contribution in [3.05, 3.63) is 100 Å². The van der Waals surface area contributed by atoms with Gasteiger partial charge in [-0.1, -0.05) is 64.2 Å². The van der Waals surface area contributed by atoms with Crippen molar-refractivity contribution in [2.45, 2.75) is 11.8 Å². The first-order chi connectivity index (χ1) is 13.1. The maximum atomic E-state index is 11.5. The average molecular weight is 434 g/mol. The fraction of sp³-hybridized carbons (Fsp3) is 0.0833. The molecule has 0 aliphatic carbocycles. The second kappa shape index (κ2) is 9.50. The van der Waals surface area contributed by atoms with E-state index in [9.17, 15) is 5.11 Å². The minimum atomic E-state index is 0.0826. The van der Waals surface area contributed by atoms with Crippen LogP contribution in [0.4, 0.5) is 0 Å². The summed E-state index contributed by atoms with van der Waals surface area (Å²) in [6.07, 6.45) is 2.14. The highest BCUT2D eigenvalue weighted by Gasteiger charge is 2.02. The third kappa shape index (κ3) is 5.79. The molecule has 0 spiro atoms. The van der Waals surface area contributed by atoms with Crippen molar-refractivity contribution in [1.82, 2.24) is 0 Å². The molecule has 0 saturated heterocycles. The fourth-order valence-corrected chi connectivity index (χ4v) is 3.60.